The molecule has 0 aliphatic heterocycles. The number of hydrogen-bond donors (Lipinski definition) is 0. The molecular weight excluding hydrogens is 174 g/mol. The Morgan fingerprint density at radius 1 is 1.08 bits per heavy atom. The van der Waals surface area contributed by atoms with Gasteiger partial charge in [0.25, 0.3) is 0 Å². The molecule has 0 heterocycles. The standard InChI is InChI=1S/C8H8F2O.C2H6/c1-5-3-6(9)8(11-2)7(10)4-5;1-2/h3-4H,1-2H3;1-2H3. The van der Waals surface area contributed by atoms with Crippen molar-refractivity contribution >= 4 is 0 Å². The summed E-state index contributed by atoms with van der Waals surface area (Å²) in [6.45, 7) is 5.62. The summed E-state index contributed by atoms with van der Waals surface area (Å²) in [6.07, 6.45) is 0. The van der Waals surface area contributed by atoms with E-state index in [9.17, 15) is 8.78 Å². The molecule has 0 spiro atoms. The van der Waals surface area contributed by atoms with E-state index >= 15 is 0 Å². The summed E-state index contributed by atoms with van der Waals surface area (Å²) < 4.78 is 30.0. The summed E-state index contributed by atoms with van der Waals surface area (Å²) in [6, 6.07) is 2.45. The van der Waals surface area contributed by atoms with Gasteiger partial charge in [0.1, 0.15) is 0 Å². The average molecular weight is 188 g/mol. The Labute approximate surface area is 77.3 Å². The van der Waals surface area contributed by atoms with Gasteiger partial charge < -0.3 is 4.74 Å². The lowest BCUT2D eigenvalue weighted by molar-refractivity contribution is 0.359. The molecule has 1 rings (SSSR count). The molecule has 0 saturated carbocycles. The van der Waals surface area contributed by atoms with Crippen molar-refractivity contribution in [1.82, 2.24) is 0 Å². The molecule has 0 bridgehead atoms. The quantitative estimate of drug-likeness (QED) is 0.657. The van der Waals surface area contributed by atoms with E-state index in [-0.39, 0.29) is 5.75 Å². The highest BCUT2D eigenvalue weighted by atomic mass is 19.1. The molecule has 1 aromatic carbocycles. The van der Waals surface area contributed by atoms with Gasteiger partial charge in [-0.05, 0) is 24.6 Å². The highest BCUT2D eigenvalue weighted by Crippen LogP contribution is 2.21. The first kappa shape index (κ1) is 11.9. The van der Waals surface area contributed by atoms with Gasteiger partial charge in [0.05, 0.1) is 7.11 Å². The van der Waals surface area contributed by atoms with Gasteiger partial charge in [-0.25, -0.2) is 8.78 Å². The van der Waals surface area contributed by atoms with Crippen LogP contribution in [0, 0.1) is 18.6 Å². The molecule has 0 saturated heterocycles. The molecule has 0 atom stereocenters. The third kappa shape index (κ3) is 3.01. The minimum Gasteiger partial charge on any atom is -0.491 e. The van der Waals surface area contributed by atoms with Crippen molar-refractivity contribution in [3.05, 3.63) is 29.3 Å². The van der Waals surface area contributed by atoms with Crippen molar-refractivity contribution in [2.45, 2.75) is 20.8 Å². The van der Waals surface area contributed by atoms with Crippen molar-refractivity contribution in [3.8, 4) is 5.75 Å². The number of halogens is 2. The maximum Gasteiger partial charge on any atom is 0.190 e. The Kier molecular flexibility index (Phi) is 5.04. The number of hydrogen-bond acceptors (Lipinski definition) is 1. The van der Waals surface area contributed by atoms with E-state index in [0.717, 1.165) is 0 Å². The number of aryl methyl sites for hydroxylation is 1. The molecule has 0 amide bonds. The van der Waals surface area contributed by atoms with Crippen LogP contribution in [0.4, 0.5) is 8.78 Å². The molecule has 0 radical (unpaired) electrons. The molecule has 0 unspecified atom stereocenters. The number of rotatable bonds is 1. The monoisotopic (exact) mass is 188 g/mol. The molecule has 74 valence electrons. The fourth-order valence-electron chi connectivity index (χ4n) is 0.882. The molecule has 1 aromatic rings. The van der Waals surface area contributed by atoms with Crippen molar-refractivity contribution in [2.24, 2.45) is 0 Å². The maximum atomic E-state index is 12.7. The summed E-state index contributed by atoms with van der Waals surface area (Å²) in [5.74, 6) is -1.65. The third-order valence-corrected chi connectivity index (χ3v) is 1.35. The highest BCUT2D eigenvalue weighted by Gasteiger charge is 2.08. The van der Waals surface area contributed by atoms with Crippen molar-refractivity contribution in [2.75, 3.05) is 7.11 Å². The van der Waals surface area contributed by atoms with Crippen LogP contribution in [0.2, 0.25) is 0 Å². The summed E-state index contributed by atoms with van der Waals surface area (Å²) in [5.41, 5.74) is 0.542. The van der Waals surface area contributed by atoms with Crippen LogP contribution in [0.25, 0.3) is 0 Å². The van der Waals surface area contributed by atoms with E-state index in [4.69, 9.17) is 0 Å². The van der Waals surface area contributed by atoms with E-state index < -0.39 is 11.6 Å². The maximum absolute atomic E-state index is 12.7. The van der Waals surface area contributed by atoms with Gasteiger partial charge in [-0.2, -0.15) is 0 Å². The zero-order chi connectivity index (χ0) is 10.4. The SMILES string of the molecule is CC.COc1c(F)cc(C)cc1F. The van der Waals surface area contributed by atoms with Crippen molar-refractivity contribution in [3.63, 3.8) is 0 Å². The second-order valence-electron chi connectivity index (χ2n) is 2.26. The Morgan fingerprint density at radius 2 is 1.46 bits per heavy atom. The van der Waals surface area contributed by atoms with Crippen LogP contribution in [0.3, 0.4) is 0 Å². The van der Waals surface area contributed by atoms with Crippen molar-refractivity contribution in [1.29, 1.82) is 0 Å². The number of benzene rings is 1. The van der Waals surface area contributed by atoms with Crippen LogP contribution >= 0.6 is 0 Å². The molecule has 13 heavy (non-hydrogen) atoms. The predicted molar refractivity (Wildman–Crippen MR) is 49.0 cm³/mol. The average Bonchev–Trinajstić information content (AvgIpc) is 2.07. The summed E-state index contributed by atoms with van der Waals surface area (Å²) in [4.78, 5) is 0. The van der Waals surface area contributed by atoms with E-state index in [1.54, 1.807) is 6.92 Å². The number of ether oxygens (including phenoxy) is 1. The minimum absolute atomic E-state index is 0.324. The molecule has 0 fully saturated rings. The molecule has 3 heteroatoms. The molecule has 0 aromatic heterocycles. The second kappa shape index (κ2) is 5.51. The van der Waals surface area contributed by atoms with Crippen LogP contribution in [0.5, 0.6) is 5.75 Å². The molecule has 0 N–H and O–H groups in total. The second-order valence-corrected chi connectivity index (χ2v) is 2.26. The summed E-state index contributed by atoms with van der Waals surface area (Å²) >= 11 is 0. The van der Waals surface area contributed by atoms with E-state index in [0.29, 0.717) is 5.56 Å². The fourth-order valence-corrected chi connectivity index (χ4v) is 0.882. The Bertz CT molecular complexity index is 249. The fraction of sp³-hybridized carbons (Fsp3) is 0.400. The molecule has 1 nitrogen and oxygen atoms in total. The summed E-state index contributed by atoms with van der Waals surface area (Å²) in [7, 11) is 1.23. The summed E-state index contributed by atoms with van der Waals surface area (Å²) in [5, 5.41) is 0. The molecular formula is C10H14F2O. The van der Waals surface area contributed by atoms with Gasteiger partial charge in [-0.15, -0.1) is 0 Å². The van der Waals surface area contributed by atoms with Gasteiger partial charge in [0.2, 0.25) is 0 Å². The first-order valence-corrected chi connectivity index (χ1v) is 4.15. The lowest BCUT2D eigenvalue weighted by Crippen LogP contribution is -1.92. The Morgan fingerprint density at radius 3 is 1.77 bits per heavy atom. The molecule has 0 aliphatic carbocycles. The largest absolute Gasteiger partial charge is 0.491 e. The van der Waals surface area contributed by atoms with E-state index in [2.05, 4.69) is 4.74 Å². The lowest BCUT2D eigenvalue weighted by atomic mass is 10.2. The lowest BCUT2D eigenvalue weighted by Gasteiger charge is -2.03. The van der Waals surface area contributed by atoms with Crippen LogP contribution in [-0.2, 0) is 0 Å². The van der Waals surface area contributed by atoms with Crippen LogP contribution in [-0.4, -0.2) is 7.11 Å². The van der Waals surface area contributed by atoms with E-state index in [1.165, 1.54) is 19.2 Å². The highest BCUT2D eigenvalue weighted by molar-refractivity contribution is 5.30. The third-order valence-electron chi connectivity index (χ3n) is 1.35. The Hall–Kier alpha value is -1.12. The van der Waals surface area contributed by atoms with Crippen LogP contribution in [0.15, 0.2) is 12.1 Å². The van der Waals surface area contributed by atoms with Crippen LogP contribution < -0.4 is 4.74 Å². The first-order valence-electron chi connectivity index (χ1n) is 4.15. The minimum atomic E-state index is -0.662. The smallest absolute Gasteiger partial charge is 0.190 e. The van der Waals surface area contributed by atoms with Gasteiger partial charge in [0, 0.05) is 0 Å². The number of methoxy groups -OCH3 is 1. The Balaban J connectivity index is 0.000000671. The van der Waals surface area contributed by atoms with Gasteiger partial charge in [-0.3, -0.25) is 0 Å². The zero-order valence-electron chi connectivity index (χ0n) is 8.32. The zero-order valence-corrected chi connectivity index (χ0v) is 8.32. The molecule has 0 aliphatic rings. The van der Waals surface area contributed by atoms with Crippen molar-refractivity contribution < 1.29 is 13.5 Å². The van der Waals surface area contributed by atoms with Gasteiger partial charge in [0.15, 0.2) is 17.4 Å². The van der Waals surface area contributed by atoms with E-state index in [1.807, 2.05) is 13.8 Å². The normalized spacial score (nSPS) is 8.77. The first-order chi connectivity index (χ1) is 6.15. The van der Waals surface area contributed by atoms with Gasteiger partial charge in [-0.1, -0.05) is 13.8 Å². The van der Waals surface area contributed by atoms with Crippen LogP contribution in [0.1, 0.15) is 19.4 Å². The van der Waals surface area contributed by atoms with Gasteiger partial charge >= 0.3 is 0 Å². The predicted octanol–water partition coefficient (Wildman–Crippen LogP) is 3.31. The topological polar surface area (TPSA) is 9.23 Å².